The van der Waals surface area contributed by atoms with Crippen LogP contribution in [0.5, 0.6) is 0 Å². The minimum Gasteiger partial charge on any atom is -0.385 e. The highest BCUT2D eigenvalue weighted by Crippen LogP contribution is 2.25. The quantitative estimate of drug-likeness (QED) is 0.891. The molecule has 2 aromatic rings. The van der Waals surface area contributed by atoms with Crippen LogP contribution in [-0.2, 0) is 21.2 Å². The van der Waals surface area contributed by atoms with E-state index in [0.717, 1.165) is 0 Å². The minimum atomic E-state index is -1.24. The Morgan fingerprint density at radius 2 is 1.86 bits per heavy atom. The van der Waals surface area contributed by atoms with Gasteiger partial charge in [-0.15, -0.1) is 0 Å². The summed E-state index contributed by atoms with van der Waals surface area (Å²) in [6.07, 6.45) is 1.53. The molecule has 0 aromatic heterocycles. The maximum atomic E-state index is 12.1. The molecule has 0 bridgehead atoms. The van der Waals surface area contributed by atoms with Crippen LogP contribution < -0.4 is 5.32 Å². The highest BCUT2D eigenvalue weighted by atomic mass is 32.2. The highest BCUT2D eigenvalue weighted by molar-refractivity contribution is 7.84. The summed E-state index contributed by atoms with van der Waals surface area (Å²) in [4.78, 5) is 12.8. The molecule has 2 rings (SSSR count). The van der Waals surface area contributed by atoms with Gasteiger partial charge in [-0.25, -0.2) is 0 Å². The van der Waals surface area contributed by atoms with Gasteiger partial charge in [-0.2, -0.15) is 0 Å². The van der Waals surface area contributed by atoms with Crippen molar-refractivity contribution in [2.45, 2.75) is 23.8 Å². The Morgan fingerprint density at radius 3 is 2.50 bits per heavy atom. The summed E-state index contributed by atoms with van der Waals surface area (Å²) in [5.41, 5.74) is 0.0198. The molecule has 0 saturated heterocycles. The molecular weight excluding hydrogens is 298 g/mol. The molecule has 22 heavy (non-hydrogen) atoms. The van der Waals surface area contributed by atoms with E-state index in [1.807, 2.05) is 18.2 Å². The van der Waals surface area contributed by atoms with Crippen LogP contribution in [-0.4, -0.2) is 21.5 Å². The van der Waals surface area contributed by atoms with Crippen LogP contribution in [0, 0.1) is 0 Å². The lowest BCUT2D eigenvalue weighted by Crippen LogP contribution is -2.28. The maximum absolute atomic E-state index is 12.1. The van der Waals surface area contributed by atoms with Crippen molar-refractivity contribution >= 4 is 22.4 Å². The standard InChI is InChI=1S/C17H19NO3S/c1-17(20,13-7-4-3-5-8-13)12-16(19)18-14-9-6-10-15(11-14)22(2)21/h3-11,20H,12H2,1-2H3,(H,18,19). The van der Waals surface area contributed by atoms with Gasteiger partial charge in [-0.05, 0) is 30.7 Å². The molecule has 0 spiro atoms. The molecule has 2 aromatic carbocycles. The Kier molecular flexibility index (Phi) is 5.11. The normalized spacial score (nSPS) is 14.9. The first kappa shape index (κ1) is 16.4. The summed E-state index contributed by atoms with van der Waals surface area (Å²) in [5.74, 6) is -0.298. The van der Waals surface area contributed by atoms with Gasteiger partial charge in [0.1, 0.15) is 0 Å². The second kappa shape index (κ2) is 6.85. The SMILES string of the molecule is CS(=O)c1cccc(NC(=O)CC(C)(O)c2ccccc2)c1. The molecule has 1 amide bonds. The van der Waals surface area contributed by atoms with E-state index in [1.165, 1.54) is 0 Å². The second-order valence-corrected chi connectivity index (χ2v) is 6.73. The van der Waals surface area contributed by atoms with Crippen molar-refractivity contribution in [1.29, 1.82) is 0 Å². The van der Waals surface area contributed by atoms with Crippen molar-refractivity contribution in [1.82, 2.24) is 0 Å². The van der Waals surface area contributed by atoms with Crippen molar-refractivity contribution in [3.63, 3.8) is 0 Å². The van der Waals surface area contributed by atoms with Gasteiger partial charge in [-0.1, -0.05) is 36.4 Å². The monoisotopic (exact) mass is 317 g/mol. The van der Waals surface area contributed by atoms with E-state index in [0.29, 0.717) is 16.1 Å². The van der Waals surface area contributed by atoms with Gasteiger partial charge in [0.05, 0.1) is 12.0 Å². The molecule has 2 unspecified atom stereocenters. The molecule has 0 aliphatic rings. The van der Waals surface area contributed by atoms with E-state index in [9.17, 15) is 14.1 Å². The molecule has 116 valence electrons. The third-order valence-electron chi connectivity index (χ3n) is 3.35. The number of carbonyl (C=O) groups is 1. The lowest BCUT2D eigenvalue weighted by Gasteiger charge is -2.23. The fourth-order valence-corrected chi connectivity index (χ4v) is 2.73. The van der Waals surface area contributed by atoms with Crippen molar-refractivity contribution in [3.05, 3.63) is 60.2 Å². The minimum absolute atomic E-state index is 0.0591. The average Bonchev–Trinajstić information content (AvgIpc) is 2.47. The largest absolute Gasteiger partial charge is 0.385 e. The summed E-state index contributed by atoms with van der Waals surface area (Å²) in [6, 6.07) is 16.0. The second-order valence-electron chi connectivity index (χ2n) is 5.35. The third kappa shape index (κ3) is 4.26. The molecular formula is C17H19NO3S. The number of nitrogens with one attached hydrogen (secondary N) is 1. The molecule has 2 N–H and O–H groups in total. The Labute approximate surface area is 132 Å². The topological polar surface area (TPSA) is 66.4 Å². The van der Waals surface area contributed by atoms with Gasteiger partial charge < -0.3 is 10.4 Å². The van der Waals surface area contributed by atoms with Crippen molar-refractivity contribution in [2.75, 3.05) is 11.6 Å². The Hall–Kier alpha value is -1.98. The van der Waals surface area contributed by atoms with Crippen LogP contribution >= 0.6 is 0 Å². The third-order valence-corrected chi connectivity index (χ3v) is 4.27. The molecule has 0 aliphatic heterocycles. The number of amides is 1. The Balaban J connectivity index is 2.07. The molecule has 5 heteroatoms. The molecule has 4 nitrogen and oxygen atoms in total. The summed E-state index contributed by atoms with van der Waals surface area (Å²) in [7, 11) is -1.10. The number of aliphatic hydroxyl groups is 1. The van der Waals surface area contributed by atoms with Gasteiger partial charge in [0, 0.05) is 27.6 Å². The Bertz CT molecular complexity index is 683. The van der Waals surface area contributed by atoms with Crippen LogP contribution in [0.3, 0.4) is 0 Å². The van der Waals surface area contributed by atoms with Crippen LogP contribution in [0.2, 0.25) is 0 Å². The van der Waals surface area contributed by atoms with Gasteiger partial charge >= 0.3 is 0 Å². The van der Waals surface area contributed by atoms with E-state index < -0.39 is 16.4 Å². The number of carbonyl (C=O) groups excluding carboxylic acids is 1. The van der Waals surface area contributed by atoms with E-state index in [1.54, 1.807) is 49.6 Å². The van der Waals surface area contributed by atoms with E-state index in [-0.39, 0.29) is 12.3 Å². The number of hydrogen-bond acceptors (Lipinski definition) is 3. The first-order valence-corrected chi connectivity index (χ1v) is 8.45. The zero-order valence-corrected chi connectivity index (χ0v) is 13.4. The van der Waals surface area contributed by atoms with Crippen molar-refractivity contribution in [2.24, 2.45) is 0 Å². The zero-order chi connectivity index (χ0) is 16.2. The average molecular weight is 317 g/mol. The smallest absolute Gasteiger partial charge is 0.227 e. The van der Waals surface area contributed by atoms with E-state index in [4.69, 9.17) is 0 Å². The van der Waals surface area contributed by atoms with Gasteiger partial charge in [0.2, 0.25) is 5.91 Å². The first-order chi connectivity index (χ1) is 10.4. The number of benzene rings is 2. The van der Waals surface area contributed by atoms with Gasteiger partial charge in [0.15, 0.2) is 0 Å². The van der Waals surface area contributed by atoms with Crippen molar-refractivity contribution < 1.29 is 14.1 Å². The van der Waals surface area contributed by atoms with Crippen LogP contribution in [0.1, 0.15) is 18.9 Å². The molecule has 0 saturated carbocycles. The lowest BCUT2D eigenvalue weighted by atomic mass is 9.92. The number of hydrogen-bond donors (Lipinski definition) is 2. The van der Waals surface area contributed by atoms with Crippen molar-refractivity contribution in [3.8, 4) is 0 Å². The molecule has 0 aliphatic carbocycles. The zero-order valence-electron chi connectivity index (χ0n) is 12.6. The van der Waals surface area contributed by atoms with Gasteiger partial charge in [0.25, 0.3) is 0 Å². The lowest BCUT2D eigenvalue weighted by molar-refractivity contribution is -0.120. The molecule has 0 radical (unpaired) electrons. The van der Waals surface area contributed by atoms with E-state index in [2.05, 4.69) is 5.32 Å². The summed E-state index contributed by atoms with van der Waals surface area (Å²) in [5, 5.41) is 13.2. The molecule has 0 fully saturated rings. The predicted octanol–water partition coefficient (Wildman–Crippen LogP) is 2.66. The number of rotatable bonds is 5. The summed E-state index contributed by atoms with van der Waals surface area (Å²) >= 11 is 0. The maximum Gasteiger partial charge on any atom is 0.227 e. The summed E-state index contributed by atoms with van der Waals surface area (Å²) < 4.78 is 11.5. The Morgan fingerprint density at radius 1 is 1.18 bits per heavy atom. The molecule has 2 atom stereocenters. The van der Waals surface area contributed by atoms with E-state index >= 15 is 0 Å². The van der Waals surface area contributed by atoms with Crippen LogP contribution in [0.4, 0.5) is 5.69 Å². The fourth-order valence-electron chi connectivity index (χ4n) is 2.17. The molecule has 0 heterocycles. The fraction of sp³-hybridized carbons (Fsp3) is 0.235. The number of anilines is 1. The van der Waals surface area contributed by atoms with Crippen LogP contribution in [0.15, 0.2) is 59.5 Å². The summed E-state index contributed by atoms with van der Waals surface area (Å²) in [6.45, 7) is 1.61. The predicted molar refractivity (Wildman–Crippen MR) is 88.0 cm³/mol. The van der Waals surface area contributed by atoms with Crippen LogP contribution in [0.25, 0.3) is 0 Å². The first-order valence-electron chi connectivity index (χ1n) is 6.90. The highest BCUT2D eigenvalue weighted by Gasteiger charge is 2.26. The van der Waals surface area contributed by atoms with Gasteiger partial charge in [-0.3, -0.25) is 9.00 Å².